The highest BCUT2D eigenvalue weighted by Crippen LogP contribution is 2.35. The summed E-state index contributed by atoms with van der Waals surface area (Å²) in [6.07, 6.45) is -4.73. The molecule has 0 spiro atoms. The van der Waals surface area contributed by atoms with Crippen LogP contribution in [0, 0.1) is 0 Å². The number of halogens is 3. The Morgan fingerprint density at radius 1 is 1.26 bits per heavy atom. The second kappa shape index (κ2) is 5.21. The number of aliphatic hydroxyl groups is 1. The van der Waals surface area contributed by atoms with Gasteiger partial charge in [-0.15, -0.1) is 0 Å². The Balaban J connectivity index is 3.32. The zero-order valence-corrected chi connectivity index (χ0v) is 10.8. The lowest BCUT2D eigenvalue weighted by Crippen LogP contribution is -2.26. The van der Waals surface area contributed by atoms with Crippen molar-refractivity contribution in [2.75, 3.05) is 0 Å². The van der Waals surface area contributed by atoms with Crippen LogP contribution in [0.3, 0.4) is 0 Å². The van der Waals surface area contributed by atoms with E-state index < -0.39 is 35.5 Å². The molecule has 0 heterocycles. The van der Waals surface area contributed by atoms with Crippen molar-refractivity contribution in [2.24, 2.45) is 0 Å². The number of carbonyl (C=O) groups is 1. The van der Waals surface area contributed by atoms with Crippen molar-refractivity contribution in [3.63, 3.8) is 0 Å². The van der Waals surface area contributed by atoms with Crippen LogP contribution in [0.4, 0.5) is 13.2 Å². The maximum Gasteiger partial charge on any atom is 0.417 e. The van der Waals surface area contributed by atoms with Crippen LogP contribution in [0.2, 0.25) is 0 Å². The first-order chi connectivity index (χ1) is 8.56. The van der Waals surface area contributed by atoms with E-state index in [0.717, 1.165) is 12.1 Å². The molecule has 0 atom stereocenters. The van der Waals surface area contributed by atoms with Gasteiger partial charge < -0.3 is 9.84 Å². The highest BCUT2D eigenvalue weighted by molar-refractivity contribution is 5.92. The Morgan fingerprint density at radius 3 is 2.26 bits per heavy atom. The largest absolute Gasteiger partial charge is 0.456 e. The summed E-state index contributed by atoms with van der Waals surface area (Å²) in [6, 6.07) is 3.44. The van der Waals surface area contributed by atoms with Gasteiger partial charge in [-0.05, 0) is 32.4 Å². The van der Waals surface area contributed by atoms with Gasteiger partial charge in [-0.1, -0.05) is 12.1 Å². The maximum absolute atomic E-state index is 13.0. The Bertz CT molecular complexity index is 473. The van der Waals surface area contributed by atoms with Gasteiger partial charge in [-0.3, -0.25) is 0 Å². The van der Waals surface area contributed by atoms with Crippen LogP contribution in [0.5, 0.6) is 0 Å². The Kier molecular flexibility index (Phi) is 4.25. The van der Waals surface area contributed by atoms with Crippen molar-refractivity contribution in [1.82, 2.24) is 0 Å². The van der Waals surface area contributed by atoms with E-state index in [0.29, 0.717) is 0 Å². The lowest BCUT2D eigenvalue weighted by molar-refractivity contribution is -0.139. The third-order valence-corrected chi connectivity index (χ3v) is 2.22. The van der Waals surface area contributed by atoms with Gasteiger partial charge in [0.25, 0.3) is 0 Å². The van der Waals surface area contributed by atoms with E-state index >= 15 is 0 Å². The quantitative estimate of drug-likeness (QED) is 0.844. The summed E-state index contributed by atoms with van der Waals surface area (Å²) in [5, 5.41) is 8.97. The first-order valence-electron chi connectivity index (χ1n) is 5.59. The lowest BCUT2D eigenvalue weighted by atomic mass is 10.0. The van der Waals surface area contributed by atoms with E-state index in [1.54, 1.807) is 20.8 Å². The van der Waals surface area contributed by atoms with Crippen LogP contribution >= 0.6 is 0 Å². The van der Waals surface area contributed by atoms with Crippen LogP contribution < -0.4 is 0 Å². The summed E-state index contributed by atoms with van der Waals surface area (Å²) < 4.78 is 43.8. The summed E-state index contributed by atoms with van der Waals surface area (Å²) in [7, 11) is 0. The highest BCUT2D eigenvalue weighted by Gasteiger charge is 2.38. The molecule has 1 aromatic carbocycles. The minimum atomic E-state index is -4.73. The molecule has 1 aromatic rings. The van der Waals surface area contributed by atoms with Gasteiger partial charge in [0.2, 0.25) is 0 Å². The van der Waals surface area contributed by atoms with Gasteiger partial charge in [0.05, 0.1) is 17.7 Å². The molecule has 6 heteroatoms. The van der Waals surface area contributed by atoms with E-state index in [4.69, 9.17) is 9.84 Å². The molecule has 3 nitrogen and oxygen atoms in total. The molecule has 0 saturated heterocycles. The normalized spacial score (nSPS) is 12.4. The fourth-order valence-corrected chi connectivity index (χ4v) is 1.57. The minimum absolute atomic E-state index is 0.351. The number of esters is 1. The van der Waals surface area contributed by atoms with E-state index in [1.165, 1.54) is 6.07 Å². The molecule has 0 unspecified atom stereocenters. The second-order valence-corrected chi connectivity index (χ2v) is 5.00. The average molecular weight is 276 g/mol. The molecule has 0 fully saturated rings. The molecule has 1 rings (SSSR count). The summed E-state index contributed by atoms with van der Waals surface area (Å²) in [6.45, 7) is 3.89. The third-order valence-electron chi connectivity index (χ3n) is 2.22. The summed E-state index contributed by atoms with van der Waals surface area (Å²) in [4.78, 5) is 11.8. The molecule has 1 N–H and O–H groups in total. The highest BCUT2D eigenvalue weighted by atomic mass is 19.4. The first-order valence-corrected chi connectivity index (χ1v) is 5.59. The fourth-order valence-electron chi connectivity index (χ4n) is 1.57. The number of alkyl halides is 3. The molecular formula is C13H15F3O3. The van der Waals surface area contributed by atoms with E-state index in [2.05, 4.69) is 0 Å². The van der Waals surface area contributed by atoms with Gasteiger partial charge in [0.1, 0.15) is 5.60 Å². The third kappa shape index (κ3) is 3.96. The van der Waals surface area contributed by atoms with Crippen molar-refractivity contribution in [2.45, 2.75) is 39.2 Å². The van der Waals surface area contributed by atoms with Gasteiger partial charge in [0.15, 0.2) is 0 Å². The number of hydrogen-bond donors (Lipinski definition) is 1. The maximum atomic E-state index is 13.0. The molecule has 0 bridgehead atoms. The number of rotatable bonds is 2. The van der Waals surface area contributed by atoms with Crippen molar-refractivity contribution in [3.8, 4) is 0 Å². The Labute approximate surface area is 109 Å². The Morgan fingerprint density at radius 2 is 1.84 bits per heavy atom. The van der Waals surface area contributed by atoms with Gasteiger partial charge in [-0.2, -0.15) is 13.2 Å². The van der Waals surface area contributed by atoms with Gasteiger partial charge in [-0.25, -0.2) is 4.79 Å². The number of benzene rings is 1. The van der Waals surface area contributed by atoms with Crippen LogP contribution in [0.1, 0.15) is 42.3 Å². The smallest absolute Gasteiger partial charge is 0.417 e. The first kappa shape index (κ1) is 15.5. The van der Waals surface area contributed by atoms with Crippen molar-refractivity contribution in [1.29, 1.82) is 0 Å². The number of ether oxygens (including phenoxy) is 1. The minimum Gasteiger partial charge on any atom is -0.456 e. The predicted octanol–water partition coefficient (Wildman–Crippen LogP) is 3.15. The number of hydrogen-bond acceptors (Lipinski definition) is 3. The SMILES string of the molecule is CC(C)(C)OC(=O)c1cccc(CO)c1C(F)(F)F. The van der Waals surface area contributed by atoms with Crippen LogP contribution in [0.25, 0.3) is 0 Å². The van der Waals surface area contributed by atoms with E-state index in [-0.39, 0.29) is 5.56 Å². The molecule has 0 aliphatic rings. The van der Waals surface area contributed by atoms with Crippen molar-refractivity contribution >= 4 is 5.97 Å². The molecular weight excluding hydrogens is 261 g/mol. The summed E-state index contributed by atoms with van der Waals surface area (Å²) in [5.41, 5.74) is -2.98. The lowest BCUT2D eigenvalue weighted by Gasteiger charge is -2.22. The summed E-state index contributed by atoms with van der Waals surface area (Å²) in [5.74, 6) is -1.06. The average Bonchev–Trinajstić information content (AvgIpc) is 2.24. The van der Waals surface area contributed by atoms with Crippen molar-refractivity contribution < 1.29 is 27.8 Å². The topological polar surface area (TPSA) is 46.5 Å². The monoisotopic (exact) mass is 276 g/mol. The number of aliphatic hydroxyl groups excluding tert-OH is 1. The molecule has 0 radical (unpaired) electrons. The van der Waals surface area contributed by atoms with Gasteiger partial charge >= 0.3 is 12.1 Å². The van der Waals surface area contributed by atoms with E-state index in [9.17, 15) is 18.0 Å². The molecule has 0 aromatic heterocycles. The van der Waals surface area contributed by atoms with Crippen LogP contribution in [-0.4, -0.2) is 16.7 Å². The standard InChI is InChI=1S/C13H15F3O3/c1-12(2,3)19-11(18)9-6-4-5-8(7-17)10(9)13(14,15)16/h4-6,17H,7H2,1-3H3. The second-order valence-electron chi connectivity index (χ2n) is 5.00. The predicted molar refractivity (Wildman–Crippen MR) is 62.5 cm³/mol. The molecule has 0 aliphatic carbocycles. The number of carbonyl (C=O) groups excluding carboxylic acids is 1. The zero-order chi connectivity index (χ0) is 14.8. The molecule has 106 valence electrons. The fraction of sp³-hybridized carbons (Fsp3) is 0.462. The van der Waals surface area contributed by atoms with Crippen molar-refractivity contribution in [3.05, 3.63) is 34.9 Å². The molecule has 0 aliphatic heterocycles. The molecule has 0 amide bonds. The molecule has 0 saturated carbocycles. The zero-order valence-electron chi connectivity index (χ0n) is 10.8. The summed E-state index contributed by atoms with van der Waals surface area (Å²) >= 11 is 0. The molecule has 19 heavy (non-hydrogen) atoms. The Hall–Kier alpha value is -1.56. The van der Waals surface area contributed by atoms with Crippen LogP contribution in [0.15, 0.2) is 18.2 Å². The van der Waals surface area contributed by atoms with Crippen LogP contribution in [-0.2, 0) is 17.5 Å². The van der Waals surface area contributed by atoms with Gasteiger partial charge in [0, 0.05) is 0 Å². The van der Waals surface area contributed by atoms with E-state index in [1.807, 2.05) is 0 Å².